The molecule has 1 unspecified atom stereocenters. The second-order valence-corrected chi connectivity index (χ2v) is 6.95. The van der Waals surface area contributed by atoms with Crippen LogP contribution in [0.25, 0.3) is 5.65 Å². The van der Waals surface area contributed by atoms with E-state index in [1.54, 1.807) is 25.3 Å². The molecule has 0 aliphatic rings. The van der Waals surface area contributed by atoms with Crippen molar-refractivity contribution in [1.29, 1.82) is 0 Å². The topological polar surface area (TPSA) is 20.5 Å². The van der Waals surface area contributed by atoms with Crippen LogP contribution in [0.5, 0.6) is 0 Å². The summed E-state index contributed by atoms with van der Waals surface area (Å²) in [4.78, 5) is 4.99. The highest BCUT2D eigenvalue weighted by Crippen LogP contribution is 2.42. The van der Waals surface area contributed by atoms with Gasteiger partial charge >= 0.3 is 6.18 Å². The van der Waals surface area contributed by atoms with E-state index >= 15 is 0 Å². The van der Waals surface area contributed by atoms with Gasteiger partial charge in [-0.2, -0.15) is 13.2 Å². The van der Waals surface area contributed by atoms with Crippen LogP contribution >= 0.6 is 11.9 Å². The molecule has 0 aliphatic carbocycles. The first-order valence-corrected chi connectivity index (χ1v) is 8.77. The summed E-state index contributed by atoms with van der Waals surface area (Å²) in [6.07, 6.45) is -0.876. The summed E-state index contributed by atoms with van der Waals surface area (Å²) in [5.74, 6) is -0.564. The Balaban J connectivity index is 1.93. The normalized spacial score (nSPS) is 13.5. The number of alkyl halides is 3. The maximum absolute atomic E-state index is 13.7. The van der Waals surface area contributed by atoms with Gasteiger partial charge < -0.3 is 4.40 Å². The Bertz CT molecular complexity index is 890. The standard InChI is InChI=1S/C18H17F4N3S/c1-3-25(17(18(20,21)22)13-4-6-14(19)7-5-13)26-15-8-9-24-11-12(2)23-16(24)10-15/h4-11,17H,3H2,1-2H3. The Hall–Kier alpha value is -2.06. The second kappa shape index (κ2) is 7.28. The molecule has 0 amide bonds. The van der Waals surface area contributed by atoms with Crippen molar-refractivity contribution in [3.63, 3.8) is 0 Å². The molecule has 0 bridgehead atoms. The van der Waals surface area contributed by atoms with Crippen molar-refractivity contribution < 1.29 is 17.6 Å². The Morgan fingerprint density at radius 3 is 2.50 bits per heavy atom. The highest BCUT2D eigenvalue weighted by Gasteiger charge is 2.44. The first-order valence-electron chi connectivity index (χ1n) is 8.00. The summed E-state index contributed by atoms with van der Waals surface area (Å²) in [6, 6.07) is 6.11. The summed E-state index contributed by atoms with van der Waals surface area (Å²) in [6.45, 7) is 3.67. The maximum atomic E-state index is 13.7. The SMILES string of the molecule is CCN(Sc1ccn2cc(C)nc2c1)C(c1ccc(F)cc1)C(F)(F)F. The van der Waals surface area contributed by atoms with Gasteiger partial charge in [0, 0.05) is 23.8 Å². The van der Waals surface area contributed by atoms with Crippen LogP contribution in [-0.2, 0) is 0 Å². The number of hydrogen-bond acceptors (Lipinski definition) is 3. The van der Waals surface area contributed by atoms with Crippen LogP contribution in [0.4, 0.5) is 17.6 Å². The molecule has 0 aliphatic heterocycles. The van der Waals surface area contributed by atoms with Crippen molar-refractivity contribution in [2.75, 3.05) is 6.54 Å². The Kier molecular flexibility index (Phi) is 5.24. The van der Waals surface area contributed by atoms with Gasteiger partial charge in [-0.05, 0) is 48.7 Å². The number of imidazole rings is 1. The molecule has 1 atom stereocenters. The van der Waals surface area contributed by atoms with E-state index in [0.717, 1.165) is 29.8 Å². The fourth-order valence-electron chi connectivity index (χ4n) is 2.75. The van der Waals surface area contributed by atoms with E-state index in [1.807, 2.05) is 17.5 Å². The van der Waals surface area contributed by atoms with E-state index in [2.05, 4.69) is 4.98 Å². The molecule has 1 aromatic carbocycles. The smallest absolute Gasteiger partial charge is 0.307 e. The van der Waals surface area contributed by atoms with E-state index in [0.29, 0.717) is 10.5 Å². The average molecular weight is 383 g/mol. The molecule has 0 radical (unpaired) electrons. The molecule has 2 aromatic heterocycles. The summed E-state index contributed by atoms with van der Waals surface area (Å²) >= 11 is 1.01. The summed E-state index contributed by atoms with van der Waals surface area (Å²) in [5.41, 5.74) is 1.51. The minimum Gasteiger partial charge on any atom is -0.307 e. The molecule has 0 saturated carbocycles. The van der Waals surface area contributed by atoms with Crippen LogP contribution in [0.2, 0.25) is 0 Å². The van der Waals surface area contributed by atoms with E-state index in [4.69, 9.17) is 0 Å². The highest BCUT2D eigenvalue weighted by atomic mass is 32.2. The van der Waals surface area contributed by atoms with Gasteiger partial charge in [0.2, 0.25) is 0 Å². The highest BCUT2D eigenvalue weighted by molar-refractivity contribution is 7.97. The van der Waals surface area contributed by atoms with Gasteiger partial charge in [-0.25, -0.2) is 13.7 Å². The van der Waals surface area contributed by atoms with Gasteiger partial charge in [-0.15, -0.1) is 0 Å². The third-order valence-corrected chi connectivity index (χ3v) is 5.04. The zero-order valence-corrected chi connectivity index (χ0v) is 15.0. The van der Waals surface area contributed by atoms with Crippen molar-refractivity contribution in [2.24, 2.45) is 0 Å². The number of nitrogens with zero attached hydrogens (tertiary/aromatic N) is 3. The number of aryl methyl sites for hydroxylation is 1. The lowest BCUT2D eigenvalue weighted by Crippen LogP contribution is -2.34. The van der Waals surface area contributed by atoms with E-state index in [-0.39, 0.29) is 12.1 Å². The Labute approximate surface area is 152 Å². The number of aromatic nitrogens is 2. The lowest BCUT2D eigenvalue weighted by atomic mass is 10.1. The summed E-state index contributed by atoms with van der Waals surface area (Å²) in [5, 5.41) is 0. The van der Waals surface area contributed by atoms with Gasteiger partial charge in [-0.1, -0.05) is 19.1 Å². The molecule has 3 nitrogen and oxygen atoms in total. The van der Waals surface area contributed by atoms with Crippen molar-refractivity contribution >= 4 is 17.6 Å². The second-order valence-electron chi connectivity index (χ2n) is 5.83. The molecule has 2 heterocycles. The van der Waals surface area contributed by atoms with Crippen LogP contribution in [0.1, 0.15) is 24.2 Å². The zero-order chi connectivity index (χ0) is 18.9. The number of rotatable bonds is 5. The van der Waals surface area contributed by atoms with E-state index in [1.165, 1.54) is 16.4 Å². The lowest BCUT2D eigenvalue weighted by molar-refractivity contribution is -0.172. The molecular formula is C18H17F4N3S. The van der Waals surface area contributed by atoms with E-state index < -0.39 is 18.0 Å². The van der Waals surface area contributed by atoms with E-state index in [9.17, 15) is 17.6 Å². The predicted molar refractivity (Wildman–Crippen MR) is 93.4 cm³/mol. The van der Waals surface area contributed by atoms with Crippen molar-refractivity contribution in [3.05, 3.63) is 65.9 Å². The molecule has 138 valence electrons. The third-order valence-electron chi connectivity index (χ3n) is 3.87. The number of pyridine rings is 1. The molecule has 0 spiro atoms. The van der Waals surface area contributed by atoms with Gasteiger partial charge in [0.25, 0.3) is 0 Å². The average Bonchev–Trinajstić information content (AvgIpc) is 2.94. The molecule has 0 saturated heterocycles. The molecule has 0 N–H and O–H groups in total. The fourth-order valence-corrected chi connectivity index (χ4v) is 3.77. The van der Waals surface area contributed by atoms with Crippen LogP contribution in [-0.4, -0.2) is 26.4 Å². The molecular weight excluding hydrogens is 366 g/mol. The fraction of sp³-hybridized carbons (Fsp3) is 0.278. The molecule has 0 fully saturated rings. The van der Waals surface area contributed by atoms with Crippen LogP contribution < -0.4 is 0 Å². The van der Waals surface area contributed by atoms with Crippen molar-refractivity contribution in [3.8, 4) is 0 Å². The Morgan fingerprint density at radius 2 is 1.88 bits per heavy atom. The largest absolute Gasteiger partial charge is 0.408 e. The first-order chi connectivity index (χ1) is 12.3. The zero-order valence-electron chi connectivity index (χ0n) is 14.2. The van der Waals surface area contributed by atoms with Crippen molar-refractivity contribution in [1.82, 2.24) is 13.7 Å². The molecule has 26 heavy (non-hydrogen) atoms. The van der Waals surface area contributed by atoms with Gasteiger partial charge in [0.05, 0.1) is 5.69 Å². The quantitative estimate of drug-likeness (QED) is 0.434. The van der Waals surface area contributed by atoms with Crippen LogP contribution in [0.15, 0.2) is 53.7 Å². The maximum Gasteiger partial charge on any atom is 0.408 e. The summed E-state index contributed by atoms with van der Waals surface area (Å²) < 4.78 is 57.4. The minimum atomic E-state index is -4.49. The van der Waals surface area contributed by atoms with Crippen LogP contribution in [0, 0.1) is 12.7 Å². The molecule has 3 aromatic rings. The van der Waals surface area contributed by atoms with Gasteiger partial charge in [-0.3, -0.25) is 0 Å². The number of fused-ring (bicyclic) bond motifs is 1. The number of halogens is 4. The monoisotopic (exact) mass is 383 g/mol. The number of benzene rings is 1. The third kappa shape index (κ3) is 4.02. The molecule has 3 rings (SSSR count). The predicted octanol–water partition coefficient (Wildman–Crippen LogP) is 5.41. The number of hydrogen-bond donors (Lipinski definition) is 0. The van der Waals surface area contributed by atoms with Crippen LogP contribution in [0.3, 0.4) is 0 Å². The molecule has 8 heteroatoms. The van der Waals surface area contributed by atoms with Gasteiger partial charge in [0.1, 0.15) is 17.5 Å². The van der Waals surface area contributed by atoms with Crippen molar-refractivity contribution in [2.45, 2.75) is 31.0 Å². The minimum absolute atomic E-state index is 0.00554. The summed E-state index contributed by atoms with van der Waals surface area (Å²) in [7, 11) is 0. The first kappa shape index (κ1) is 18.7. The lowest BCUT2D eigenvalue weighted by Gasteiger charge is -2.31. The van der Waals surface area contributed by atoms with Gasteiger partial charge in [0.15, 0.2) is 0 Å². The Morgan fingerprint density at radius 1 is 1.19 bits per heavy atom.